The minimum absolute atomic E-state index is 0.0958. The molecule has 1 aliphatic rings. The van der Waals surface area contributed by atoms with Gasteiger partial charge in [-0.2, -0.15) is 0 Å². The molecule has 2 aromatic carbocycles. The Morgan fingerprint density at radius 1 is 1.05 bits per heavy atom. The molecule has 0 spiro atoms. The molecule has 112 valence electrons. The minimum atomic E-state index is -0.340. The Kier molecular flexibility index (Phi) is 3.42. The first kappa shape index (κ1) is 13.9. The number of rotatable bonds is 4. The Hall–Kier alpha value is -3.02. The summed E-state index contributed by atoms with van der Waals surface area (Å²) >= 11 is 0. The number of benzene rings is 2. The molecular formula is C16H15N3O3. The van der Waals surface area contributed by atoms with E-state index in [4.69, 9.17) is 10.5 Å². The zero-order valence-corrected chi connectivity index (χ0v) is 12.0. The second kappa shape index (κ2) is 5.40. The van der Waals surface area contributed by atoms with E-state index in [1.165, 1.54) is 6.07 Å². The summed E-state index contributed by atoms with van der Waals surface area (Å²) in [6, 6.07) is 12.0. The summed E-state index contributed by atoms with van der Waals surface area (Å²) in [5, 5.41) is 3.05. The number of hydrogen-bond acceptors (Lipinski definition) is 5. The van der Waals surface area contributed by atoms with Gasteiger partial charge in [0.05, 0.1) is 24.9 Å². The van der Waals surface area contributed by atoms with Gasteiger partial charge in [0, 0.05) is 11.4 Å². The van der Waals surface area contributed by atoms with E-state index >= 15 is 0 Å². The van der Waals surface area contributed by atoms with Gasteiger partial charge in [-0.05, 0) is 42.5 Å². The second-order valence-electron chi connectivity index (χ2n) is 4.91. The lowest BCUT2D eigenvalue weighted by atomic mass is 10.1. The van der Waals surface area contributed by atoms with Crippen molar-refractivity contribution in [1.82, 2.24) is 4.90 Å². The van der Waals surface area contributed by atoms with Crippen LogP contribution in [0.4, 0.5) is 11.4 Å². The molecule has 0 saturated heterocycles. The molecular weight excluding hydrogens is 282 g/mol. The summed E-state index contributed by atoms with van der Waals surface area (Å²) in [6.45, 7) is 0.0958. The largest absolute Gasteiger partial charge is 0.497 e. The SMILES string of the molecule is COc1ccc(NCN2C(=O)c3ccc(N)cc3C2=O)cc1. The summed E-state index contributed by atoms with van der Waals surface area (Å²) in [7, 11) is 1.59. The first-order chi connectivity index (χ1) is 10.6. The van der Waals surface area contributed by atoms with Crippen molar-refractivity contribution in [1.29, 1.82) is 0 Å². The van der Waals surface area contributed by atoms with E-state index in [1.807, 2.05) is 12.1 Å². The van der Waals surface area contributed by atoms with Crippen LogP contribution in [0.25, 0.3) is 0 Å². The first-order valence-electron chi connectivity index (χ1n) is 6.74. The van der Waals surface area contributed by atoms with Crippen LogP contribution in [0.1, 0.15) is 20.7 Å². The van der Waals surface area contributed by atoms with E-state index in [9.17, 15) is 9.59 Å². The van der Waals surface area contributed by atoms with Crippen LogP contribution in [0.5, 0.6) is 5.75 Å². The van der Waals surface area contributed by atoms with Gasteiger partial charge in [-0.15, -0.1) is 0 Å². The zero-order chi connectivity index (χ0) is 15.7. The third-order valence-corrected chi connectivity index (χ3v) is 3.53. The number of hydrogen-bond donors (Lipinski definition) is 2. The van der Waals surface area contributed by atoms with Gasteiger partial charge in [0.2, 0.25) is 0 Å². The summed E-state index contributed by atoms with van der Waals surface area (Å²) in [6.07, 6.45) is 0. The standard InChI is InChI=1S/C16H15N3O3/c1-22-12-5-3-11(4-6-12)18-9-19-15(20)13-7-2-10(17)8-14(13)16(19)21/h2-8,18H,9,17H2,1H3. The molecule has 1 aliphatic heterocycles. The fraction of sp³-hybridized carbons (Fsp3) is 0.125. The molecule has 0 saturated carbocycles. The average Bonchev–Trinajstić information content (AvgIpc) is 2.77. The Morgan fingerprint density at radius 2 is 1.73 bits per heavy atom. The minimum Gasteiger partial charge on any atom is -0.497 e. The molecule has 2 aromatic rings. The predicted molar refractivity (Wildman–Crippen MR) is 82.8 cm³/mol. The Labute approximate surface area is 127 Å². The third kappa shape index (κ3) is 2.35. The predicted octanol–water partition coefficient (Wildman–Crippen LogP) is 1.94. The topological polar surface area (TPSA) is 84.7 Å². The number of fused-ring (bicyclic) bond motifs is 1. The molecule has 22 heavy (non-hydrogen) atoms. The van der Waals surface area contributed by atoms with Crippen LogP contribution in [0.3, 0.4) is 0 Å². The molecule has 0 bridgehead atoms. The maximum absolute atomic E-state index is 12.3. The monoisotopic (exact) mass is 297 g/mol. The molecule has 2 amide bonds. The number of nitrogens with two attached hydrogens (primary N) is 1. The summed E-state index contributed by atoms with van der Waals surface area (Å²) in [5.74, 6) is 0.0797. The number of imide groups is 1. The number of nitrogens with zero attached hydrogens (tertiary/aromatic N) is 1. The maximum atomic E-state index is 12.3. The summed E-state index contributed by atoms with van der Waals surface area (Å²) in [5.41, 5.74) is 7.65. The smallest absolute Gasteiger partial charge is 0.263 e. The van der Waals surface area contributed by atoms with Gasteiger partial charge in [-0.3, -0.25) is 14.5 Å². The van der Waals surface area contributed by atoms with Gasteiger partial charge in [0.25, 0.3) is 11.8 Å². The molecule has 0 aliphatic carbocycles. The Balaban J connectivity index is 1.74. The normalized spacial score (nSPS) is 13.2. The van der Waals surface area contributed by atoms with Gasteiger partial charge < -0.3 is 15.8 Å². The van der Waals surface area contributed by atoms with Crippen molar-refractivity contribution < 1.29 is 14.3 Å². The molecule has 0 fully saturated rings. The molecule has 0 atom stereocenters. The van der Waals surface area contributed by atoms with E-state index in [-0.39, 0.29) is 18.5 Å². The van der Waals surface area contributed by atoms with Crippen LogP contribution >= 0.6 is 0 Å². The van der Waals surface area contributed by atoms with Crippen molar-refractivity contribution in [2.24, 2.45) is 0 Å². The van der Waals surface area contributed by atoms with Crippen LogP contribution in [0.2, 0.25) is 0 Å². The quantitative estimate of drug-likeness (QED) is 0.665. The summed E-state index contributed by atoms with van der Waals surface area (Å²) < 4.78 is 5.08. The van der Waals surface area contributed by atoms with Gasteiger partial charge in [-0.1, -0.05) is 0 Å². The molecule has 6 heteroatoms. The summed E-state index contributed by atoms with van der Waals surface area (Å²) in [4.78, 5) is 25.7. The van der Waals surface area contributed by atoms with Crippen molar-refractivity contribution in [3.8, 4) is 5.75 Å². The Morgan fingerprint density at radius 3 is 2.41 bits per heavy atom. The molecule has 0 unspecified atom stereocenters. The number of ether oxygens (including phenoxy) is 1. The number of carbonyl (C=O) groups is 2. The first-order valence-corrected chi connectivity index (χ1v) is 6.74. The molecule has 6 nitrogen and oxygen atoms in total. The van der Waals surface area contributed by atoms with Crippen molar-refractivity contribution in [2.45, 2.75) is 0 Å². The second-order valence-corrected chi connectivity index (χ2v) is 4.91. The van der Waals surface area contributed by atoms with Crippen LogP contribution in [0, 0.1) is 0 Å². The Bertz CT molecular complexity index is 741. The number of carbonyl (C=O) groups excluding carboxylic acids is 2. The lowest BCUT2D eigenvalue weighted by Crippen LogP contribution is -2.34. The van der Waals surface area contributed by atoms with E-state index < -0.39 is 0 Å². The van der Waals surface area contributed by atoms with Gasteiger partial charge in [0.15, 0.2) is 0 Å². The van der Waals surface area contributed by atoms with Crippen molar-refractivity contribution in [3.05, 3.63) is 53.6 Å². The number of amides is 2. The molecule has 3 N–H and O–H groups in total. The molecule has 3 rings (SSSR count). The van der Waals surface area contributed by atoms with E-state index in [1.54, 1.807) is 31.4 Å². The number of nitrogens with one attached hydrogen (secondary N) is 1. The highest BCUT2D eigenvalue weighted by Crippen LogP contribution is 2.25. The van der Waals surface area contributed by atoms with Gasteiger partial charge in [0.1, 0.15) is 5.75 Å². The van der Waals surface area contributed by atoms with Gasteiger partial charge in [-0.25, -0.2) is 0 Å². The van der Waals surface area contributed by atoms with Crippen LogP contribution < -0.4 is 15.8 Å². The molecule has 0 aromatic heterocycles. The molecule has 0 radical (unpaired) electrons. The molecule has 1 heterocycles. The van der Waals surface area contributed by atoms with Crippen LogP contribution in [0.15, 0.2) is 42.5 Å². The fourth-order valence-electron chi connectivity index (χ4n) is 2.33. The van der Waals surface area contributed by atoms with Crippen molar-refractivity contribution in [2.75, 3.05) is 24.8 Å². The highest BCUT2D eigenvalue weighted by molar-refractivity contribution is 6.21. The van der Waals surface area contributed by atoms with E-state index in [0.717, 1.165) is 16.3 Å². The maximum Gasteiger partial charge on any atom is 0.263 e. The van der Waals surface area contributed by atoms with Crippen molar-refractivity contribution in [3.63, 3.8) is 0 Å². The van der Waals surface area contributed by atoms with E-state index in [0.29, 0.717) is 16.8 Å². The highest BCUT2D eigenvalue weighted by atomic mass is 16.5. The van der Waals surface area contributed by atoms with Crippen molar-refractivity contribution >= 4 is 23.2 Å². The fourth-order valence-corrected chi connectivity index (χ4v) is 2.33. The lowest BCUT2D eigenvalue weighted by Gasteiger charge is -2.15. The van der Waals surface area contributed by atoms with Crippen LogP contribution in [-0.2, 0) is 0 Å². The number of nitrogen functional groups attached to an aromatic ring is 1. The lowest BCUT2D eigenvalue weighted by molar-refractivity contribution is 0.0666. The van der Waals surface area contributed by atoms with E-state index in [2.05, 4.69) is 5.32 Å². The number of anilines is 2. The number of methoxy groups -OCH3 is 1. The van der Waals surface area contributed by atoms with Crippen LogP contribution in [-0.4, -0.2) is 30.5 Å². The zero-order valence-electron chi connectivity index (χ0n) is 12.0. The van der Waals surface area contributed by atoms with Gasteiger partial charge >= 0.3 is 0 Å². The highest BCUT2D eigenvalue weighted by Gasteiger charge is 2.35. The third-order valence-electron chi connectivity index (χ3n) is 3.53. The average molecular weight is 297 g/mol.